The van der Waals surface area contributed by atoms with Gasteiger partial charge in [-0.1, -0.05) is 0 Å². The lowest BCUT2D eigenvalue weighted by Crippen LogP contribution is -2.04. The van der Waals surface area contributed by atoms with Crippen LogP contribution in [0.3, 0.4) is 0 Å². The zero-order chi connectivity index (χ0) is 10.9. The Labute approximate surface area is 90.6 Å². The fraction of sp³-hybridized carbons (Fsp3) is 0.167. The first kappa shape index (κ1) is 11.0. The van der Waals surface area contributed by atoms with E-state index >= 15 is 0 Å². The lowest BCUT2D eigenvalue weighted by Gasteiger charge is -2.03. The number of pyridine rings is 1. The van der Waals surface area contributed by atoms with Gasteiger partial charge in [-0.05, 0) is 22.6 Å². The number of nitrogens with two attached hydrogens (primary N) is 1. The van der Waals surface area contributed by atoms with Crippen molar-refractivity contribution in [3.05, 3.63) is 25.4 Å². The minimum atomic E-state index is -3.01. The number of hydrogen-bond acceptors (Lipinski definition) is 4. The van der Waals surface area contributed by atoms with Crippen molar-refractivity contribution < 1.29 is 13.7 Å². The quantitative estimate of drug-likeness (QED) is 0.515. The molecule has 0 fully saturated rings. The fourth-order valence-electron chi connectivity index (χ4n) is 0.878. The van der Waals surface area contributed by atoms with E-state index in [1.807, 2.05) is 0 Å². The number of halogens is 3. The van der Waals surface area contributed by atoms with Crippen molar-refractivity contribution in [2.75, 3.05) is 5.73 Å². The number of nitro groups is 1. The number of nitrogens with zero attached hydrogens (tertiary/aromatic N) is 2. The molecule has 0 unspecified atom stereocenters. The summed E-state index contributed by atoms with van der Waals surface area (Å²) in [6.07, 6.45) is -3.01. The van der Waals surface area contributed by atoms with Crippen molar-refractivity contribution in [2.24, 2.45) is 0 Å². The Hall–Kier alpha value is -1.06. The molecular weight excluding hydrogens is 311 g/mol. The molecule has 0 amide bonds. The van der Waals surface area contributed by atoms with Gasteiger partial charge in [-0.2, -0.15) is 0 Å². The van der Waals surface area contributed by atoms with E-state index < -0.39 is 22.7 Å². The summed E-state index contributed by atoms with van der Waals surface area (Å²) in [4.78, 5) is 12.8. The molecule has 1 rings (SSSR count). The Morgan fingerprint density at radius 2 is 2.21 bits per heavy atom. The number of aromatic nitrogens is 1. The SMILES string of the molecule is Nc1cc(I)c([N+](=O)[O-])c(C(F)F)n1. The van der Waals surface area contributed by atoms with Gasteiger partial charge in [-0.15, -0.1) is 0 Å². The molecule has 5 nitrogen and oxygen atoms in total. The molecule has 76 valence electrons. The first-order valence-corrected chi connectivity index (χ1v) is 4.39. The molecule has 1 heterocycles. The summed E-state index contributed by atoms with van der Waals surface area (Å²) in [6.45, 7) is 0. The molecule has 0 aromatic carbocycles. The van der Waals surface area contributed by atoms with Crippen molar-refractivity contribution >= 4 is 34.1 Å². The van der Waals surface area contributed by atoms with Crippen molar-refractivity contribution in [3.63, 3.8) is 0 Å². The van der Waals surface area contributed by atoms with E-state index in [0.29, 0.717) is 0 Å². The Balaban J connectivity index is 3.44. The van der Waals surface area contributed by atoms with Gasteiger partial charge in [0.05, 0.1) is 8.49 Å². The van der Waals surface area contributed by atoms with Gasteiger partial charge in [-0.3, -0.25) is 10.1 Å². The van der Waals surface area contributed by atoms with E-state index in [1.54, 1.807) is 22.6 Å². The predicted octanol–water partition coefficient (Wildman–Crippen LogP) is 2.11. The van der Waals surface area contributed by atoms with Crippen LogP contribution in [0.25, 0.3) is 0 Å². The Morgan fingerprint density at radius 1 is 1.64 bits per heavy atom. The molecule has 14 heavy (non-hydrogen) atoms. The summed E-state index contributed by atoms with van der Waals surface area (Å²) in [7, 11) is 0. The molecule has 0 bridgehead atoms. The molecule has 0 saturated heterocycles. The Kier molecular flexibility index (Phi) is 3.13. The summed E-state index contributed by atoms with van der Waals surface area (Å²) in [5, 5.41) is 10.4. The van der Waals surface area contributed by atoms with Crippen molar-refractivity contribution in [1.82, 2.24) is 4.98 Å². The van der Waals surface area contributed by atoms with Crippen LogP contribution in [0.2, 0.25) is 0 Å². The third kappa shape index (κ3) is 2.05. The van der Waals surface area contributed by atoms with Gasteiger partial charge in [0.2, 0.25) is 0 Å². The minimum absolute atomic E-state index is 0.0513. The van der Waals surface area contributed by atoms with Gasteiger partial charge in [-0.25, -0.2) is 13.8 Å². The second-order valence-electron chi connectivity index (χ2n) is 2.32. The molecule has 0 radical (unpaired) electrons. The first-order valence-electron chi connectivity index (χ1n) is 3.32. The van der Waals surface area contributed by atoms with Gasteiger partial charge in [0.15, 0.2) is 5.69 Å². The smallest absolute Gasteiger partial charge is 0.310 e. The second-order valence-corrected chi connectivity index (χ2v) is 3.48. The second kappa shape index (κ2) is 3.98. The average molecular weight is 315 g/mol. The van der Waals surface area contributed by atoms with Crippen LogP contribution in [0.1, 0.15) is 12.1 Å². The Bertz CT molecular complexity index is 386. The van der Waals surface area contributed by atoms with E-state index in [2.05, 4.69) is 4.98 Å². The highest BCUT2D eigenvalue weighted by atomic mass is 127. The molecule has 0 spiro atoms. The number of hydrogen-bond donors (Lipinski definition) is 1. The van der Waals surface area contributed by atoms with E-state index in [4.69, 9.17) is 5.73 Å². The third-order valence-electron chi connectivity index (χ3n) is 1.38. The zero-order valence-electron chi connectivity index (χ0n) is 6.58. The average Bonchev–Trinajstić information content (AvgIpc) is 2.01. The number of rotatable bonds is 2. The highest BCUT2D eigenvalue weighted by Gasteiger charge is 2.27. The van der Waals surface area contributed by atoms with Gasteiger partial charge in [0.1, 0.15) is 5.82 Å². The van der Waals surface area contributed by atoms with Crippen LogP contribution in [0.4, 0.5) is 20.3 Å². The highest BCUT2D eigenvalue weighted by Crippen LogP contribution is 2.32. The van der Waals surface area contributed by atoms with E-state index in [-0.39, 0.29) is 9.39 Å². The lowest BCUT2D eigenvalue weighted by atomic mass is 10.3. The maximum Gasteiger partial charge on any atom is 0.310 e. The topological polar surface area (TPSA) is 82.0 Å². The normalized spacial score (nSPS) is 10.6. The van der Waals surface area contributed by atoms with E-state index in [9.17, 15) is 18.9 Å². The van der Waals surface area contributed by atoms with E-state index in [0.717, 1.165) is 0 Å². The largest absolute Gasteiger partial charge is 0.384 e. The van der Waals surface area contributed by atoms with Crippen LogP contribution in [0, 0.1) is 13.7 Å². The number of alkyl halides is 2. The van der Waals surface area contributed by atoms with Crippen LogP contribution >= 0.6 is 22.6 Å². The summed E-state index contributed by atoms with van der Waals surface area (Å²) in [6, 6.07) is 1.17. The zero-order valence-corrected chi connectivity index (χ0v) is 8.73. The van der Waals surface area contributed by atoms with Crippen LogP contribution in [-0.2, 0) is 0 Å². The van der Waals surface area contributed by atoms with Gasteiger partial charge in [0.25, 0.3) is 6.43 Å². The van der Waals surface area contributed by atoms with Crippen molar-refractivity contribution in [1.29, 1.82) is 0 Å². The molecule has 2 N–H and O–H groups in total. The van der Waals surface area contributed by atoms with Crippen LogP contribution in [-0.4, -0.2) is 9.91 Å². The van der Waals surface area contributed by atoms with Gasteiger partial charge >= 0.3 is 5.69 Å². The van der Waals surface area contributed by atoms with Gasteiger partial charge < -0.3 is 5.73 Å². The highest BCUT2D eigenvalue weighted by molar-refractivity contribution is 14.1. The number of nitrogen functional groups attached to an aromatic ring is 1. The van der Waals surface area contributed by atoms with Crippen molar-refractivity contribution in [3.8, 4) is 0 Å². The molecule has 0 aliphatic carbocycles. The number of anilines is 1. The van der Waals surface area contributed by atoms with Crippen LogP contribution < -0.4 is 5.73 Å². The molecule has 0 aliphatic rings. The lowest BCUT2D eigenvalue weighted by molar-refractivity contribution is -0.387. The Morgan fingerprint density at radius 3 is 2.64 bits per heavy atom. The molecule has 0 atom stereocenters. The molecule has 0 saturated carbocycles. The monoisotopic (exact) mass is 315 g/mol. The summed E-state index contributed by atoms with van der Waals surface area (Å²) < 4.78 is 24.7. The molecule has 1 aromatic heterocycles. The first-order chi connectivity index (χ1) is 6.43. The van der Waals surface area contributed by atoms with Crippen LogP contribution in [0.15, 0.2) is 6.07 Å². The van der Waals surface area contributed by atoms with Crippen LogP contribution in [0.5, 0.6) is 0 Å². The molecular formula is C6H4F2IN3O2. The minimum Gasteiger partial charge on any atom is -0.384 e. The fourth-order valence-corrected chi connectivity index (χ4v) is 1.67. The summed E-state index contributed by atoms with van der Waals surface area (Å²) in [5.74, 6) is -0.157. The maximum absolute atomic E-state index is 12.3. The standard InChI is InChI=1S/C6H4F2IN3O2/c7-6(8)4-5(12(13)14)2(9)1-3(10)11-4/h1,6H,(H2,10,11). The molecule has 8 heteroatoms. The summed E-state index contributed by atoms with van der Waals surface area (Å²) in [5.41, 5.74) is 3.62. The maximum atomic E-state index is 12.3. The molecule has 0 aliphatic heterocycles. The molecule has 1 aromatic rings. The predicted molar refractivity (Wildman–Crippen MR) is 53.0 cm³/mol. The third-order valence-corrected chi connectivity index (χ3v) is 2.20. The van der Waals surface area contributed by atoms with Gasteiger partial charge in [0, 0.05) is 6.07 Å². The summed E-state index contributed by atoms with van der Waals surface area (Å²) >= 11 is 1.57. The van der Waals surface area contributed by atoms with Crippen molar-refractivity contribution in [2.45, 2.75) is 6.43 Å². The van der Waals surface area contributed by atoms with E-state index in [1.165, 1.54) is 6.07 Å².